The number of ether oxygens (including phenoxy) is 1. The van der Waals surface area contributed by atoms with E-state index in [9.17, 15) is 14.0 Å². The number of anilines is 1. The molecular formula is C20H18FN5O3. The van der Waals surface area contributed by atoms with Crippen LogP contribution in [0.1, 0.15) is 6.92 Å². The predicted octanol–water partition coefficient (Wildman–Crippen LogP) is 2.17. The van der Waals surface area contributed by atoms with Gasteiger partial charge in [-0.2, -0.15) is 5.10 Å². The lowest BCUT2D eigenvalue weighted by molar-refractivity contribution is -0.145. The molecule has 29 heavy (non-hydrogen) atoms. The number of carbonyl (C=O) groups excluding carboxylic acids is 2. The average molecular weight is 395 g/mol. The van der Waals surface area contributed by atoms with Gasteiger partial charge in [0.05, 0.1) is 12.1 Å². The molecule has 0 atom stereocenters. The Bertz CT molecular complexity index is 1050. The van der Waals surface area contributed by atoms with Crippen molar-refractivity contribution < 1.29 is 18.7 Å². The summed E-state index contributed by atoms with van der Waals surface area (Å²) in [4.78, 5) is 27.9. The first-order chi connectivity index (χ1) is 14.0. The molecule has 0 aliphatic carbocycles. The highest BCUT2D eigenvalue weighted by Gasteiger charge is 2.31. The molecule has 0 unspecified atom stereocenters. The van der Waals surface area contributed by atoms with Crippen LogP contribution in [0.4, 0.5) is 10.2 Å². The fourth-order valence-electron chi connectivity index (χ4n) is 3.21. The molecule has 2 aromatic heterocycles. The van der Waals surface area contributed by atoms with Crippen LogP contribution in [-0.4, -0.2) is 39.8 Å². The number of hydrogen-bond donors (Lipinski definition) is 1. The molecule has 0 fully saturated rings. The molecule has 1 N–H and O–H groups in total. The Kier molecular flexibility index (Phi) is 5.05. The van der Waals surface area contributed by atoms with Crippen LogP contribution in [0.15, 0.2) is 48.8 Å². The number of aromatic nitrogens is 3. The lowest BCUT2D eigenvalue weighted by Crippen LogP contribution is -2.50. The van der Waals surface area contributed by atoms with E-state index in [0.29, 0.717) is 35.7 Å². The van der Waals surface area contributed by atoms with E-state index in [1.165, 1.54) is 24.1 Å². The first-order valence-electron chi connectivity index (χ1n) is 9.01. The van der Waals surface area contributed by atoms with Crippen LogP contribution >= 0.6 is 0 Å². The summed E-state index contributed by atoms with van der Waals surface area (Å²) in [5, 5.41) is 6.04. The van der Waals surface area contributed by atoms with Crippen LogP contribution in [0.5, 0.6) is 0 Å². The number of nitrogens with zero attached hydrogens (tertiary/aromatic N) is 4. The molecule has 148 valence electrons. The molecule has 0 saturated heterocycles. The summed E-state index contributed by atoms with van der Waals surface area (Å²) in [5.74, 6) is -0.783. The molecule has 9 heteroatoms. The monoisotopic (exact) mass is 395 g/mol. The second kappa shape index (κ2) is 7.80. The van der Waals surface area contributed by atoms with Crippen molar-refractivity contribution in [1.82, 2.24) is 20.2 Å². The molecule has 8 nitrogen and oxygen atoms in total. The Morgan fingerprint density at radius 2 is 1.86 bits per heavy atom. The van der Waals surface area contributed by atoms with E-state index in [4.69, 9.17) is 4.74 Å². The fourth-order valence-corrected chi connectivity index (χ4v) is 3.21. The van der Waals surface area contributed by atoms with E-state index in [1.54, 1.807) is 29.2 Å². The van der Waals surface area contributed by atoms with E-state index in [1.807, 2.05) is 12.1 Å². The number of pyridine rings is 1. The van der Waals surface area contributed by atoms with Crippen LogP contribution in [0, 0.1) is 5.82 Å². The van der Waals surface area contributed by atoms with Gasteiger partial charge >= 0.3 is 5.97 Å². The topological polar surface area (TPSA) is 89.4 Å². The molecule has 0 saturated carbocycles. The van der Waals surface area contributed by atoms with Gasteiger partial charge in [0, 0.05) is 31.4 Å². The Hall–Kier alpha value is -3.59. The second-order valence-electron chi connectivity index (χ2n) is 6.43. The number of hydrazine groups is 1. The van der Waals surface area contributed by atoms with Gasteiger partial charge in [0.15, 0.2) is 12.4 Å². The van der Waals surface area contributed by atoms with Crippen molar-refractivity contribution in [3.63, 3.8) is 0 Å². The minimum absolute atomic E-state index is 0.344. The summed E-state index contributed by atoms with van der Waals surface area (Å²) in [6.45, 7) is 1.86. The zero-order valence-corrected chi connectivity index (χ0v) is 15.6. The van der Waals surface area contributed by atoms with Crippen LogP contribution in [0.3, 0.4) is 0 Å². The zero-order chi connectivity index (χ0) is 20.4. The first-order valence-corrected chi connectivity index (χ1v) is 9.01. The Morgan fingerprint density at radius 3 is 2.55 bits per heavy atom. The van der Waals surface area contributed by atoms with Crippen molar-refractivity contribution in [2.24, 2.45) is 0 Å². The van der Waals surface area contributed by atoms with Gasteiger partial charge in [0.2, 0.25) is 0 Å². The number of halogens is 1. The number of fused-ring (bicyclic) bond motifs is 1. The number of amides is 1. The number of carbonyl (C=O) groups is 2. The van der Waals surface area contributed by atoms with Gasteiger partial charge in [0.25, 0.3) is 5.91 Å². The van der Waals surface area contributed by atoms with Gasteiger partial charge in [-0.05, 0) is 42.0 Å². The molecule has 1 aliphatic heterocycles. The quantitative estimate of drug-likeness (QED) is 0.681. The lowest BCUT2D eigenvalue weighted by atomic mass is 10.0. The maximum Gasteiger partial charge on any atom is 0.303 e. The smallest absolute Gasteiger partial charge is 0.303 e. The number of nitrogens with one attached hydrogen (secondary N) is 1. The van der Waals surface area contributed by atoms with Crippen LogP contribution in [0.2, 0.25) is 0 Å². The Morgan fingerprint density at radius 1 is 1.14 bits per heavy atom. The van der Waals surface area contributed by atoms with E-state index < -0.39 is 18.5 Å². The molecule has 1 aliphatic rings. The molecule has 0 bridgehead atoms. The SMILES string of the molecule is CC(=O)OCC(=O)N1NCCn2nc(-c3ccc(F)cc3)c(-c3ccncc3)c21. The van der Waals surface area contributed by atoms with E-state index in [2.05, 4.69) is 15.5 Å². The average Bonchev–Trinajstić information content (AvgIpc) is 3.12. The number of benzene rings is 1. The second-order valence-corrected chi connectivity index (χ2v) is 6.43. The molecular weight excluding hydrogens is 377 g/mol. The van der Waals surface area contributed by atoms with Gasteiger partial charge in [-0.1, -0.05) is 0 Å². The highest BCUT2D eigenvalue weighted by Crippen LogP contribution is 2.40. The van der Waals surface area contributed by atoms with Crippen LogP contribution in [-0.2, 0) is 20.9 Å². The number of hydrogen-bond acceptors (Lipinski definition) is 6. The van der Waals surface area contributed by atoms with Crippen molar-refractivity contribution in [3.05, 3.63) is 54.6 Å². The number of esters is 1. The minimum atomic E-state index is -0.537. The summed E-state index contributed by atoms with van der Waals surface area (Å²) >= 11 is 0. The number of rotatable bonds is 4. The standard InChI is InChI=1S/C20H18FN5O3/c1-13(27)29-12-17(28)26-20-18(14-6-8-22-9-7-14)19(24-25(20)11-10-23-26)15-2-4-16(21)5-3-15/h2-9,23H,10-12H2,1H3. The normalized spacial score (nSPS) is 13.1. The third-order valence-corrected chi connectivity index (χ3v) is 4.47. The Labute approximate surface area is 165 Å². The largest absolute Gasteiger partial charge is 0.456 e. The maximum absolute atomic E-state index is 13.4. The molecule has 0 spiro atoms. The third kappa shape index (κ3) is 3.72. The molecule has 3 heterocycles. The van der Waals surface area contributed by atoms with Crippen molar-refractivity contribution in [3.8, 4) is 22.4 Å². The van der Waals surface area contributed by atoms with Gasteiger partial charge in [-0.3, -0.25) is 14.6 Å². The third-order valence-electron chi connectivity index (χ3n) is 4.47. The van der Waals surface area contributed by atoms with Crippen LogP contribution in [0.25, 0.3) is 22.4 Å². The van der Waals surface area contributed by atoms with E-state index in [0.717, 1.165) is 5.56 Å². The van der Waals surface area contributed by atoms with Gasteiger partial charge in [-0.15, -0.1) is 0 Å². The summed E-state index contributed by atoms with van der Waals surface area (Å²) in [5.41, 5.74) is 5.86. The Balaban J connectivity index is 1.86. The van der Waals surface area contributed by atoms with E-state index >= 15 is 0 Å². The highest BCUT2D eigenvalue weighted by atomic mass is 19.1. The van der Waals surface area contributed by atoms with E-state index in [-0.39, 0.29) is 5.82 Å². The summed E-state index contributed by atoms with van der Waals surface area (Å²) in [6.07, 6.45) is 3.30. The maximum atomic E-state index is 13.4. The summed E-state index contributed by atoms with van der Waals surface area (Å²) in [7, 11) is 0. The zero-order valence-electron chi connectivity index (χ0n) is 15.6. The summed E-state index contributed by atoms with van der Waals surface area (Å²) < 4.78 is 20.0. The highest BCUT2D eigenvalue weighted by molar-refractivity contribution is 6.00. The fraction of sp³-hybridized carbons (Fsp3) is 0.200. The van der Waals surface area contributed by atoms with Gasteiger partial charge in [-0.25, -0.2) is 19.5 Å². The van der Waals surface area contributed by atoms with Crippen molar-refractivity contribution in [2.45, 2.75) is 13.5 Å². The van der Waals surface area contributed by atoms with Gasteiger partial charge < -0.3 is 4.74 Å². The predicted molar refractivity (Wildman–Crippen MR) is 103 cm³/mol. The molecule has 1 aromatic carbocycles. The molecule has 3 aromatic rings. The lowest BCUT2D eigenvalue weighted by Gasteiger charge is -2.29. The van der Waals surface area contributed by atoms with Crippen molar-refractivity contribution >= 4 is 17.7 Å². The molecule has 1 amide bonds. The summed E-state index contributed by atoms with van der Waals surface area (Å²) in [6, 6.07) is 9.65. The first kappa shape index (κ1) is 18.8. The van der Waals surface area contributed by atoms with Gasteiger partial charge in [0.1, 0.15) is 11.5 Å². The van der Waals surface area contributed by atoms with Crippen molar-refractivity contribution in [2.75, 3.05) is 18.2 Å². The molecule has 4 rings (SSSR count). The van der Waals surface area contributed by atoms with Crippen LogP contribution < -0.4 is 10.4 Å². The molecule has 0 radical (unpaired) electrons. The van der Waals surface area contributed by atoms with Crippen molar-refractivity contribution in [1.29, 1.82) is 0 Å². The minimum Gasteiger partial charge on any atom is -0.456 e.